The lowest BCUT2D eigenvalue weighted by atomic mass is 9.41. The summed E-state index contributed by atoms with van der Waals surface area (Å²) in [5.74, 6) is 2.16. The first-order chi connectivity index (χ1) is 8.25. The van der Waals surface area contributed by atoms with Crippen LogP contribution in [0.4, 0.5) is 0 Å². The lowest BCUT2D eigenvalue weighted by molar-refractivity contribution is 0.488. The summed E-state index contributed by atoms with van der Waals surface area (Å²) >= 11 is 0. The van der Waals surface area contributed by atoms with Crippen molar-refractivity contribution in [2.24, 2.45) is 5.92 Å². The van der Waals surface area contributed by atoms with E-state index in [0.29, 0.717) is 19.8 Å². The quantitative estimate of drug-likeness (QED) is 0.704. The van der Waals surface area contributed by atoms with Crippen LogP contribution in [0.5, 0.6) is 0 Å². The number of rotatable bonds is 4. The van der Waals surface area contributed by atoms with Crippen molar-refractivity contribution in [3.05, 3.63) is 0 Å². The third-order valence-corrected chi connectivity index (χ3v) is 4.13. The molecule has 1 atom stereocenters. The summed E-state index contributed by atoms with van der Waals surface area (Å²) in [6.45, 7) is 12.8. The van der Waals surface area contributed by atoms with E-state index in [-0.39, 0.29) is 0 Å². The zero-order valence-corrected chi connectivity index (χ0v) is 13.6. The maximum atomic E-state index is 2.57. The number of hydrogen-bond acceptors (Lipinski definition) is 3. The first-order valence-electron chi connectivity index (χ1n) is 7.38. The molecule has 1 rings (SSSR count). The molecule has 0 aliphatic carbocycles. The van der Waals surface area contributed by atoms with Gasteiger partial charge in [-0.05, 0) is 38.7 Å². The Morgan fingerprint density at radius 2 is 1.39 bits per heavy atom. The Morgan fingerprint density at radius 3 is 1.83 bits per heavy atom. The summed E-state index contributed by atoms with van der Waals surface area (Å²) in [4.78, 5) is 0. The molecule has 0 aromatic heterocycles. The van der Waals surface area contributed by atoms with Gasteiger partial charge in [0.1, 0.15) is 0 Å². The van der Waals surface area contributed by atoms with E-state index in [1.54, 1.807) is 0 Å². The summed E-state index contributed by atoms with van der Waals surface area (Å²) in [6.07, 6.45) is 1.30. The maximum absolute atomic E-state index is 2.57. The standard InChI is InChI=1S/C12H30B3N3/c1-10(2)9-12(5)15-17(7)13-16(6)14(11(3)4)18(15)8/h10-13H,9H2,1-8H3. The molecule has 3 nitrogen and oxygen atoms in total. The molecule has 0 saturated carbocycles. The Hall–Kier alpha value is 0.0748. The third kappa shape index (κ3) is 3.55. The second kappa shape index (κ2) is 6.49. The molecular formula is C12H30B3N3. The molecule has 102 valence electrons. The molecule has 0 radical (unpaired) electrons. The zero-order valence-electron chi connectivity index (χ0n) is 13.6. The van der Waals surface area contributed by atoms with Gasteiger partial charge in [-0.25, -0.2) is 0 Å². The van der Waals surface area contributed by atoms with Crippen molar-refractivity contribution in [2.45, 2.75) is 52.7 Å². The van der Waals surface area contributed by atoms with Gasteiger partial charge in [0.05, 0.1) is 0 Å². The highest BCUT2D eigenvalue weighted by atomic mass is 15.3. The van der Waals surface area contributed by atoms with Crippen molar-refractivity contribution in [1.29, 1.82) is 0 Å². The number of hydrogen-bond donors (Lipinski definition) is 0. The van der Waals surface area contributed by atoms with Gasteiger partial charge in [-0.2, -0.15) is 0 Å². The molecule has 1 unspecified atom stereocenters. The predicted molar refractivity (Wildman–Crippen MR) is 85.9 cm³/mol. The lowest BCUT2D eigenvalue weighted by Gasteiger charge is -2.50. The van der Waals surface area contributed by atoms with Crippen LogP contribution in [0.15, 0.2) is 0 Å². The normalized spacial score (nSPS) is 21.9. The second-order valence-corrected chi connectivity index (χ2v) is 7.00. The fourth-order valence-electron chi connectivity index (χ4n) is 3.98. The molecule has 6 heteroatoms. The monoisotopic (exact) mass is 249 g/mol. The fourth-order valence-corrected chi connectivity index (χ4v) is 3.98. The Morgan fingerprint density at radius 1 is 0.889 bits per heavy atom. The van der Waals surface area contributed by atoms with Crippen molar-refractivity contribution < 1.29 is 0 Å². The van der Waals surface area contributed by atoms with Gasteiger partial charge >= 0.3 is 0 Å². The first-order valence-corrected chi connectivity index (χ1v) is 7.38. The summed E-state index contributed by atoms with van der Waals surface area (Å²) in [7, 11) is 7.85. The van der Waals surface area contributed by atoms with E-state index in [4.69, 9.17) is 0 Å². The van der Waals surface area contributed by atoms with Crippen LogP contribution in [0.3, 0.4) is 0 Å². The molecular weight excluding hydrogens is 219 g/mol. The second-order valence-electron chi connectivity index (χ2n) is 7.00. The molecule has 0 aromatic carbocycles. The smallest absolute Gasteiger partial charge is 0.292 e. The van der Waals surface area contributed by atoms with E-state index in [2.05, 4.69) is 69.9 Å². The summed E-state index contributed by atoms with van der Waals surface area (Å²) < 4.78 is 7.52. The van der Waals surface area contributed by atoms with E-state index >= 15 is 0 Å². The van der Waals surface area contributed by atoms with Crippen LogP contribution in [0, 0.1) is 5.92 Å². The predicted octanol–water partition coefficient (Wildman–Crippen LogP) is 1.88. The van der Waals surface area contributed by atoms with Crippen molar-refractivity contribution in [3.8, 4) is 0 Å². The van der Waals surface area contributed by atoms with Gasteiger partial charge in [-0.1, -0.05) is 41.0 Å². The van der Waals surface area contributed by atoms with Crippen molar-refractivity contribution in [3.63, 3.8) is 0 Å². The van der Waals surface area contributed by atoms with Gasteiger partial charge in [0.25, 0.3) is 21.5 Å². The van der Waals surface area contributed by atoms with E-state index in [9.17, 15) is 0 Å². The Kier molecular flexibility index (Phi) is 5.82. The zero-order chi connectivity index (χ0) is 14.0. The highest BCUT2D eigenvalue weighted by molar-refractivity contribution is 6.81. The average Bonchev–Trinajstić information content (AvgIpc) is 2.13. The highest BCUT2D eigenvalue weighted by Crippen LogP contribution is 2.28. The van der Waals surface area contributed by atoms with Gasteiger partial charge in [0, 0.05) is 0 Å². The van der Waals surface area contributed by atoms with Gasteiger partial charge in [0.2, 0.25) is 0 Å². The minimum Gasteiger partial charge on any atom is -0.363 e. The first kappa shape index (κ1) is 16.1. The van der Waals surface area contributed by atoms with Crippen molar-refractivity contribution >= 4 is 21.5 Å². The minimum atomic E-state index is 0.556. The van der Waals surface area contributed by atoms with Crippen molar-refractivity contribution in [1.82, 2.24) is 14.2 Å². The van der Waals surface area contributed by atoms with Crippen LogP contribution in [-0.4, -0.2) is 56.8 Å². The largest absolute Gasteiger partial charge is 0.363 e. The molecule has 0 bridgehead atoms. The summed E-state index contributed by atoms with van der Waals surface area (Å²) in [6, 6.07) is 0. The Bertz CT molecular complexity index is 263. The topological polar surface area (TPSA) is 9.72 Å². The molecule has 1 aliphatic rings. The van der Waals surface area contributed by atoms with Crippen LogP contribution in [-0.2, 0) is 0 Å². The van der Waals surface area contributed by atoms with E-state index in [1.807, 2.05) is 0 Å². The van der Waals surface area contributed by atoms with Crippen molar-refractivity contribution in [2.75, 3.05) is 21.1 Å². The Labute approximate surface area is 116 Å². The van der Waals surface area contributed by atoms with Gasteiger partial charge in [-0.15, -0.1) is 0 Å². The van der Waals surface area contributed by atoms with Crippen LogP contribution in [0.2, 0.25) is 11.6 Å². The van der Waals surface area contributed by atoms with Crippen LogP contribution >= 0.6 is 0 Å². The van der Waals surface area contributed by atoms with Gasteiger partial charge in [0.15, 0.2) is 0 Å². The molecule has 0 spiro atoms. The highest BCUT2D eigenvalue weighted by Gasteiger charge is 2.44. The number of nitrogens with zero attached hydrogens (tertiary/aromatic N) is 3. The van der Waals surface area contributed by atoms with Crippen LogP contribution in [0.1, 0.15) is 41.0 Å². The third-order valence-electron chi connectivity index (χ3n) is 4.13. The molecule has 0 amide bonds. The lowest BCUT2D eigenvalue weighted by Crippen LogP contribution is -2.71. The molecule has 1 saturated heterocycles. The van der Waals surface area contributed by atoms with Crippen LogP contribution < -0.4 is 0 Å². The summed E-state index contributed by atoms with van der Waals surface area (Å²) in [5.41, 5.74) is 0. The fraction of sp³-hybridized carbons (Fsp3) is 1.00. The molecule has 1 aliphatic heterocycles. The van der Waals surface area contributed by atoms with Gasteiger partial charge < -0.3 is 14.2 Å². The van der Waals surface area contributed by atoms with E-state index in [1.165, 1.54) is 6.42 Å². The maximum Gasteiger partial charge on any atom is 0.292 e. The average molecular weight is 249 g/mol. The minimum absolute atomic E-state index is 0.556. The van der Waals surface area contributed by atoms with Crippen LogP contribution in [0.25, 0.3) is 0 Å². The SMILES string of the molecule is CC(C)CC(C)B1N(C)BN(C)B(C(C)C)N1C. The molecule has 0 N–H and O–H groups in total. The molecule has 18 heavy (non-hydrogen) atoms. The molecule has 1 heterocycles. The summed E-state index contributed by atoms with van der Waals surface area (Å²) in [5, 5.41) is 0. The molecule has 1 fully saturated rings. The Balaban J connectivity index is 2.82. The van der Waals surface area contributed by atoms with E-state index in [0.717, 1.165) is 19.3 Å². The van der Waals surface area contributed by atoms with Gasteiger partial charge in [-0.3, -0.25) is 0 Å². The van der Waals surface area contributed by atoms with E-state index < -0.39 is 0 Å². The molecule has 0 aromatic rings.